The van der Waals surface area contributed by atoms with Crippen LogP contribution in [-0.4, -0.2) is 52.2 Å². The van der Waals surface area contributed by atoms with E-state index in [0.29, 0.717) is 12.8 Å². The number of hydrogen-bond acceptors (Lipinski definition) is 1. The highest BCUT2D eigenvalue weighted by Crippen LogP contribution is 2.60. The Morgan fingerprint density at radius 2 is 1.18 bits per heavy atom. The fourth-order valence-electron chi connectivity index (χ4n) is 2.48. The number of unbranched alkanes of at least 4 members (excludes halogenated alkanes) is 4. The van der Waals surface area contributed by atoms with Crippen molar-refractivity contribution in [2.75, 3.05) is 6.54 Å². The van der Waals surface area contributed by atoms with Crippen molar-refractivity contribution in [2.24, 2.45) is 0 Å². The van der Waals surface area contributed by atoms with Gasteiger partial charge in [-0.2, -0.15) is 57.1 Å². The third-order valence-corrected chi connectivity index (χ3v) is 5.39. The first-order valence-corrected chi connectivity index (χ1v) is 10.7. The van der Waals surface area contributed by atoms with Crippen molar-refractivity contribution in [3.63, 3.8) is 0 Å². The molecule has 0 aliphatic rings. The van der Waals surface area contributed by atoms with Crippen LogP contribution in [0.3, 0.4) is 0 Å². The molecule has 0 saturated carbocycles. The van der Waals surface area contributed by atoms with Gasteiger partial charge in [-0.05, 0) is 6.42 Å². The van der Waals surface area contributed by atoms with E-state index in [-0.39, 0.29) is 6.42 Å². The minimum Gasteiger partial charge on any atom is -0.355 e. The summed E-state index contributed by atoms with van der Waals surface area (Å²) in [6, 6.07) is 0. The molecule has 0 spiro atoms. The van der Waals surface area contributed by atoms with Crippen molar-refractivity contribution in [1.29, 1.82) is 0 Å². The quantitative estimate of drug-likeness (QED) is 0.0924. The van der Waals surface area contributed by atoms with E-state index in [9.17, 15) is 61.9 Å². The summed E-state index contributed by atoms with van der Waals surface area (Å²) in [4.78, 5) is 11.6. The molecule has 0 bridgehead atoms. The van der Waals surface area contributed by atoms with E-state index in [1.54, 1.807) is 0 Å². The molecule has 0 radical (unpaired) electrons. The van der Waals surface area contributed by atoms with Gasteiger partial charge in [0.15, 0.2) is 0 Å². The van der Waals surface area contributed by atoms with Crippen LogP contribution < -0.4 is 5.32 Å². The van der Waals surface area contributed by atoms with E-state index in [2.05, 4.69) is 0 Å². The van der Waals surface area contributed by atoms with Gasteiger partial charge >= 0.3 is 35.8 Å². The van der Waals surface area contributed by atoms with Gasteiger partial charge in [-0.3, -0.25) is 4.79 Å². The third kappa shape index (κ3) is 7.15. The number of carbonyl (C=O) groups is 1. The SMILES string of the molecule is CCCCCCCC(=O)NCC(I)CC(F)(F)C(F)(F)C(F)(F)C(F)(F)C(F)(F)C(F)(F)F. The van der Waals surface area contributed by atoms with Crippen LogP contribution in [0.1, 0.15) is 51.9 Å². The zero-order valence-electron chi connectivity index (χ0n) is 16.9. The van der Waals surface area contributed by atoms with Crippen LogP contribution in [0.2, 0.25) is 0 Å². The van der Waals surface area contributed by atoms with Gasteiger partial charge in [-0.15, -0.1) is 0 Å². The highest BCUT2D eigenvalue weighted by molar-refractivity contribution is 14.1. The van der Waals surface area contributed by atoms with Crippen LogP contribution in [0.15, 0.2) is 0 Å². The van der Waals surface area contributed by atoms with Gasteiger partial charge in [0.2, 0.25) is 5.91 Å². The van der Waals surface area contributed by atoms with Gasteiger partial charge in [0, 0.05) is 23.3 Å². The molecule has 16 heteroatoms. The molecule has 0 fully saturated rings. The molecule has 1 N–H and O–H groups in total. The molecule has 198 valence electrons. The molecule has 1 amide bonds. The fraction of sp³-hybridized carbons (Fsp3) is 0.941. The molecule has 0 aromatic carbocycles. The molecule has 0 aromatic heterocycles. The van der Waals surface area contributed by atoms with Crippen molar-refractivity contribution < 1.29 is 61.9 Å². The predicted molar refractivity (Wildman–Crippen MR) is 99.6 cm³/mol. The lowest BCUT2D eigenvalue weighted by Gasteiger charge is -2.40. The lowest BCUT2D eigenvalue weighted by Crippen LogP contribution is -2.70. The number of rotatable bonds is 14. The van der Waals surface area contributed by atoms with Gasteiger partial charge in [0.05, 0.1) is 0 Å². The molecule has 33 heavy (non-hydrogen) atoms. The van der Waals surface area contributed by atoms with Crippen LogP contribution in [-0.2, 0) is 4.79 Å². The van der Waals surface area contributed by atoms with Crippen molar-refractivity contribution in [3.05, 3.63) is 0 Å². The molecular weight excluding hydrogens is 608 g/mol. The number of hydrogen-bond donors (Lipinski definition) is 1. The van der Waals surface area contributed by atoms with E-state index in [1.165, 1.54) is 0 Å². The zero-order valence-corrected chi connectivity index (χ0v) is 19.1. The minimum absolute atomic E-state index is 0.0730. The Labute approximate surface area is 194 Å². The average Bonchev–Trinajstić information content (AvgIpc) is 2.64. The molecular formula is C17H21F13INO. The van der Waals surface area contributed by atoms with Gasteiger partial charge in [-0.25, -0.2) is 0 Å². The summed E-state index contributed by atoms with van der Waals surface area (Å²) >= 11 is 0.986. The Balaban J connectivity index is 5.29. The standard InChI is InChI=1S/C17H21F13INO/c1-2-3-4-5-6-7-11(33)32-9-10(31)8-12(18,19)13(20,21)14(22,23)15(24,25)16(26,27)17(28,29)30/h10H,2-9H2,1H3,(H,32,33). The highest BCUT2D eigenvalue weighted by atomic mass is 127. The summed E-state index contributed by atoms with van der Waals surface area (Å²) in [5.41, 5.74) is 0. The first-order valence-electron chi connectivity index (χ1n) is 9.46. The average molecular weight is 629 g/mol. The maximum absolute atomic E-state index is 13.8. The Bertz CT molecular complexity index is 637. The Hall–Kier alpha value is -0.710. The maximum Gasteiger partial charge on any atom is 0.460 e. The van der Waals surface area contributed by atoms with Crippen molar-refractivity contribution >= 4 is 28.5 Å². The van der Waals surface area contributed by atoms with Crippen molar-refractivity contribution in [2.45, 2.75) is 91.6 Å². The molecule has 0 saturated heterocycles. The summed E-state index contributed by atoms with van der Waals surface area (Å²) in [5, 5.41) is 2.03. The molecule has 1 atom stereocenters. The Kier molecular flexibility index (Phi) is 11.1. The lowest BCUT2D eigenvalue weighted by molar-refractivity contribution is -0.440. The largest absolute Gasteiger partial charge is 0.460 e. The Morgan fingerprint density at radius 1 is 0.727 bits per heavy atom. The van der Waals surface area contributed by atoms with Gasteiger partial charge < -0.3 is 5.32 Å². The van der Waals surface area contributed by atoms with Gasteiger partial charge in [0.25, 0.3) is 0 Å². The molecule has 0 aliphatic heterocycles. The number of nitrogens with one attached hydrogen (secondary N) is 1. The normalized spacial score (nSPS) is 15.5. The predicted octanol–water partition coefficient (Wildman–Crippen LogP) is 7.40. The zero-order chi connectivity index (χ0) is 26.5. The van der Waals surface area contributed by atoms with Crippen LogP contribution in [0.4, 0.5) is 57.1 Å². The monoisotopic (exact) mass is 629 g/mol. The van der Waals surface area contributed by atoms with Crippen molar-refractivity contribution in [1.82, 2.24) is 5.32 Å². The van der Waals surface area contributed by atoms with Crippen LogP contribution in [0, 0.1) is 0 Å². The lowest BCUT2D eigenvalue weighted by atomic mass is 9.92. The van der Waals surface area contributed by atoms with E-state index >= 15 is 0 Å². The summed E-state index contributed by atoms with van der Waals surface area (Å²) in [7, 11) is 0. The van der Waals surface area contributed by atoms with Crippen molar-refractivity contribution in [3.8, 4) is 0 Å². The molecule has 0 aromatic rings. The van der Waals surface area contributed by atoms with E-state index in [0.717, 1.165) is 41.9 Å². The molecule has 0 aliphatic carbocycles. The molecule has 0 heterocycles. The number of halogens is 14. The second-order valence-corrected chi connectivity index (χ2v) is 9.03. The summed E-state index contributed by atoms with van der Waals surface area (Å²) in [5.74, 6) is -37.6. The number of carbonyl (C=O) groups excluding carboxylic acids is 1. The molecule has 0 rings (SSSR count). The second-order valence-electron chi connectivity index (χ2n) is 7.27. The second kappa shape index (κ2) is 11.4. The maximum atomic E-state index is 13.8. The van der Waals surface area contributed by atoms with E-state index in [4.69, 9.17) is 0 Å². The Morgan fingerprint density at radius 3 is 1.64 bits per heavy atom. The summed E-state index contributed by atoms with van der Waals surface area (Å²) in [6.07, 6.45) is -6.15. The third-order valence-electron chi connectivity index (χ3n) is 4.50. The van der Waals surface area contributed by atoms with E-state index < -0.39 is 58.6 Å². The summed E-state index contributed by atoms with van der Waals surface area (Å²) in [6.45, 7) is 1.13. The fourth-order valence-corrected chi connectivity index (χ4v) is 3.26. The smallest absolute Gasteiger partial charge is 0.355 e. The van der Waals surface area contributed by atoms with Gasteiger partial charge in [-0.1, -0.05) is 55.2 Å². The highest BCUT2D eigenvalue weighted by Gasteiger charge is 2.90. The first kappa shape index (κ1) is 32.3. The number of alkyl halides is 14. The number of amides is 1. The van der Waals surface area contributed by atoms with Crippen LogP contribution in [0.5, 0.6) is 0 Å². The van der Waals surface area contributed by atoms with Crippen LogP contribution in [0.25, 0.3) is 0 Å². The van der Waals surface area contributed by atoms with E-state index in [1.807, 2.05) is 12.2 Å². The topological polar surface area (TPSA) is 29.1 Å². The first-order chi connectivity index (χ1) is 14.6. The minimum atomic E-state index is -7.90. The van der Waals surface area contributed by atoms with Gasteiger partial charge in [0.1, 0.15) is 0 Å². The van der Waals surface area contributed by atoms with Crippen LogP contribution >= 0.6 is 22.6 Å². The molecule has 2 nitrogen and oxygen atoms in total. The molecule has 1 unspecified atom stereocenters. The summed E-state index contributed by atoms with van der Waals surface area (Å²) < 4.78 is 168.